The van der Waals surface area contributed by atoms with Gasteiger partial charge in [0.25, 0.3) is 0 Å². The molecule has 30 heavy (non-hydrogen) atoms. The van der Waals surface area contributed by atoms with Crippen LogP contribution in [0.15, 0.2) is 46.4 Å². The van der Waals surface area contributed by atoms with E-state index in [1.165, 1.54) is 21.6 Å². The Morgan fingerprint density at radius 1 is 1.27 bits per heavy atom. The van der Waals surface area contributed by atoms with Crippen molar-refractivity contribution in [3.8, 4) is 0 Å². The molecule has 0 saturated carbocycles. The highest BCUT2D eigenvalue weighted by molar-refractivity contribution is 14.0. The van der Waals surface area contributed by atoms with Crippen molar-refractivity contribution >= 4 is 47.5 Å². The lowest BCUT2D eigenvalue weighted by Crippen LogP contribution is -2.41. The molecule has 3 rings (SSSR count). The number of nitrogens with zero attached hydrogens (tertiary/aromatic N) is 3. The summed E-state index contributed by atoms with van der Waals surface area (Å²) in [6.45, 7) is 8.16. The second-order valence-corrected chi connectivity index (χ2v) is 8.09. The lowest BCUT2D eigenvalue weighted by Gasteiger charge is -2.32. The maximum Gasteiger partial charge on any atom is 0.191 e. The summed E-state index contributed by atoms with van der Waals surface area (Å²) in [6, 6.07) is 10.7. The molecule has 2 aromatic rings. The molecule has 1 unspecified atom stereocenters. The number of aryl methyl sites for hydroxylation is 1. The van der Waals surface area contributed by atoms with E-state index in [9.17, 15) is 0 Å². The van der Waals surface area contributed by atoms with Gasteiger partial charge in [-0.15, -0.1) is 35.7 Å². The highest BCUT2D eigenvalue weighted by Gasteiger charge is 2.18. The summed E-state index contributed by atoms with van der Waals surface area (Å²) in [5.74, 6) is 1.79. The summed E-state index contributed by atoms with van der Waals surface area (Å²) >= 11 is 1.77. The topological polar surface area (TPSA) is 61.8 Å². The van der Waals surface area contributed by atoms with Gasteiger partial charge in [-0.25, -0.2) is 4.98 Å². The van der Waals surface area contributed by atoms with Crippen LogP contribution < -0.4 is 15.5 Å². The third-order valence-electron chi connectivity index (χ3n) is 4.95. The number of ether oxygens (including phenoxy) is 1. The van der Waals surface area contributed by atoms with Crippen LogP contribution in [0.4, 0.5) is 5.82 Å². The van der Waals surface area contributed by atoms with Crippen LogP contribution in [-0.4, -0.2) is 50.0 Å². The van der Waals surface area contributed by atoms with E-state index in [0.29, 0.717) is 6.54 Å². The molecule has 1 aromatic carbocycles. The van der Waals surface area contributed by atoms with E-state index in [2.05, 4.69) is 69.9 Å². The number of pyridine rings is 1. The molecule has 1 aliphatic heterocycles. The van der Waals surface area contributed by atoms with Crippen molar-refractivity contribution in [3.63, 3.8) is 0 Å². The number of anilines is 1. The van der Waals surface area contributed by atoms with Gasteiger partial charge in [-0.3, -0.25) is 4.99 Å². The second kappa shape index (κ2) is 12.4. The third kappa shape index (κ3) is 7.02. The van der Waals surface area contributed by atoms with Gasteiger partial charge in [0.05, 0.1) is 12.7 Å². The largest absolute Gasteiger partial charge is 0.375 e. The highest BCUT2D eigenvalue weighted by atomic mass is 127. The van der Waals surface area contributed by atoms with Crippen LogP contribution in [0, 0.1) is 6.92 Å². The average Bonchev–Trinajstić information content (AvgIpc) is 2.74. The molecule has 0 aliphatic carbocycles. The molecule has 6 nitrogen and oxygen atoms in total. The average molecular weight is 542 g/mol. The fourth-order valence-electron chi connectivity index (χ4n) is 3.35. The van der Waals surface area contributed by atoms with Crippen molar-refractivity contribution in [1.29, 1.82) is 0 Å². The monoisotopic (exact) mass is 541 g/mol. The number of nitrogens with one attached hydrogen (secondary N) is 2. The van der Waals surface area contributed by atoms with Crippen molar-refractivity contribution in [3.05, 3.63) is 53.2 Å². The van der Waals surface area contributed by atoms with Crippen molar-refractivity contribution in [2.75, 3.05) is 37.9 Å². The normalized spacial score (nSPS) is 16.7. The van der Waals surface area contributed by atoms with Gasteiger partial charge in [0.1, 0.15) is 5.82 Å². The van der Waals surface area contributed by atoms with E-state index in [-0.39, 0.29) is 30.1 Å². The molecule has 164 valence electrons. The molecular formula is C22H32IN5OS. The standard InChI is InChI=1S/C22H31N5OS.HI/c1-16-5-6-19(20(11-16)29-4)14-26-22(23-3)25-13-18-7-8-24-21(12-18)27-9-10-28-17(2)15-27;/h5-8,11-12,17H,9-10,13-15H2,1-4H3,(H2,23,25,26);1H. The maximum absolute atomic E-state index is 5.63. The van der Waals surface area contributed by atoms with E-state index < -0.39 is 0 Å². The summed E-state index contributed by atoms with van der Waals surface area (Å²) < 4.78 is 5.63. The van der Waals surface area contributed by atoms with Gasteiger partial charge in [-0.1, -0.05) is 12.1 Å². The Labute approximate surface area is 201 Å². The summed E-state index contributed by atoms with van der Waals surface area (Å²) in [5, 5.41) is 6.82. The van der Waals surface area contributed by atoms with Crippen molar-refractivity contribution in [2.45, 2.75) is 37.9 Å². The molecule has 1 fully saturated rings. The maximum atomic E-state index is 5.63. The molecule has 0 spiro atoms. The minimum atomic E-state index is 0. The van der Waals surface area contributed by atoms with Gasteiger partial charge in [0, 0.05) is 44.3 Å². The Balaban J connectivity index is 0.00000320. The predicted molar refractivity (Wildman–Crippen MR) is 137 cm³/mol. The zero-order valence-electron chi connectivity index (χ0n) is 18.1. The number of hydrogen-bond donors (Lipinski definition) is 2. The molecule has 0 amide bonds. The quantitative estimate of drug-likeness (QED) is 0.251. The summed E-state index contributed by atoms with van der Waals surface area (Å²) in [7, 11) is 1.80. The Hall–Kier alpha value is -1.52. The van der Waals surface area contributed by atoms with Crippen molar-refractivity contribution in [2.24, 2.45) is 4.99 Å². The number of aliphatic imine (C=N–C) groups is 1. The first kappa shape index (κ1) is 24.7. The number of aromatic nitrogens is 1. The number of morpholine rings is 1. The SMILES string of the molecule is CN=C(NCc1ccnc(N2CCOC(C)C2)c1)NCc1ccc(C)cc1SC.I. The van der Waals surface area contributed by atoms with Gasteiger partial charge >= 0.3 is 0 Å². The van der Waals surface area contributed by atoms with E-state index in [0.717, 1.165) is 38.0 Å². The van der Waals surface area contributed by atoms with E-state index in [1.807, 2.05) is 12.3 Å². The second-order valence-electron chi connectivity index (χ2n) is 7.24. The molecule has 2 N–H and O–H groups in total. The molecule has 1 saturated heterocycles. The number of guanidine groups is 1. The van der Waals surface area contributed by atoms with Crippen LogP contribution in [0.25, 0.3) is 0 Å². The van der Waals surface area contributed by atoms with Gasteiger partial charge in [0.2, 0.25) is 0 Å². The molecule has 1 atom stereocenters. The van der Waals surface area contributed by atoms with Crippen molar-refractivity contribution in [1.82, 2.24) is 15.6 Å². The molecule has 0 radical (unpaired) electrons. The van der Waals surface area contributed by atoms with Gasteiger partial charge < -0.3 is 20.3 Å². The first-order valence-corrected chi connectivity index (χ1v) is 11.2. The van der Waals surface area contributed by atoms with Crippen LogP contribution >= 0.6 is 35.7 Å². The van der Waals surface area contributed by atoms with Gasteiger partial charge in [-0.05, 0) is 55.0 Å². The number of halogens is 1. The fraction of sp³-hybridized carbons (Fsp3) is 0.455. The first-order valence-electron chi connectivity index (χ1n) is 9.98. The molecule has 8 heteroatoms. The lowest BCUT2D eigenvalue weighted by molar-refractivity contribution is 0.0529. The smallest absolute Gasteiger partial charge is 0.191 e. The van der Waals surface area contributed by atoms with Crippen molar-refractivity contribution < 1.29 is 4.74 Å². The Morgan fingerprint density at radius 3 is 2.80 bits per heavy atom. The number of thioether (sulfide) groups is 1. The van der Waals surface area contributed by atoms with E-state index in [1.54, 1.807) is 18.8 Å². The molecule has 2 heterocycles. The Kier molecular flexibility index (Phi) is 10.2. The first-order chi connectivity index (χ1) is 14.1. The van der Waals surface area contributed by atoms with Crippen LogP contribution in [0.3, 0.4) is 0 Å². The molecule has 1 aliphatic rings. The minimum absolute atomic E-state index is 0. The van der Waals surface area contributed by atoms with Gasteiger partial charge in [-0.2, -0.15) is 0 Å². The Morgan fingerprint density at radius 2 is 2.07 bits per heavy atom. The summed E-state index contributed by atoms with van der Waals surface area (Å²) in [5.41, 5.74) is 3.74. The van der Waals surface area contributed by atoms with E-state index in [4.69, 9.17) is 4.74 Å². The summed E-state index contributed by atoms with van der Waals surface area (Å²) in [4.78, 5) is 12.5. The van der Waals surface area contributed by atoms with Crippen LogP contribution in [0.5, 0.6) is 0 Å². The predicted octanol–water partition coefficient (Wildman–Crippen LogP) is 3.82. The number of benzene rings is 1. The van der Waals surface area contributed by atoms with Gasteiger partial charge in [0.15, 0.2) is 5.96 Å². The number of hydrogen-bond acceptors (Lipinski definition) is 5. The third-order valence-corrected chi connectivity index (χ3v) is 5.77. The Bertz CT molecular complexity index is 848. The van der Waals surface area contributed by atoms with Crippen LogP contribution in [-0.2, 0) is 17.8 Å². The van der Waals surface area contributed by atoms with E-state index >= 15 is 0 Å². The summed E-state index contributed by atoms with van der Waals surface area (Å²) in [6.07, 6.45) is 4.23. The lowest BCUT2D eigenvalue weighted by atomic mass is 10.1. The molecule has 1 aromatic heterocycles. The highest BCUT2D eigenvalue weighted by Crippen LogP contribution is 2.21. The zero-order valence-corrected chi connectivity index (χ0v) is 21.3. The fourth-order valence-corrected chi connectivity index (χ4v) is 4.06. The van der Waals surface area contributed by atoms with Crippen LogP contribution in [0.1, 0.15) is 23.6 Å². The van der Waals surface area contributed by atoms with Crippen LogP contribution in [0.2, 0.25) is 0 Å². The number of rotatable bonds is 6. The molecular weight excluding hydrogens is 509 g/mol. The zero-order chi connectivity index (χ0) is 20.6. The molecule has 0 bridgehead atoms. The minimum Gasteiger partial charge on any atom is -0.375 e.